The van der Waals surface area contributed by atoms with Crippen LogP contribution >= 0.6 is 0 Å². The summed E-state index contributed by atoms with van der Waals surface area (Å²) in [6.45, 7) is -0.569. The molecular formula is C11H14F3NO4S. The minimum Gasteiger partial charge on any atom is -0.389 e. The van der Waals surface area contributed by atoms with Crippen LogP contribution in [0.5, 0.6) is 0 Å². The maximum Gasteiger partial charge on any atom is 0.248 e. The molecule has 0 amide bonds. The molecule has 0 bridgehead atoms. The van der Waals surface area contributed by atoms with Crippen LogP contribution in [0.15, 0.2) is 17.0 Å². The van der Waals surface area contributed by atoms with Crippen LogP contribution in [0.2, 0.25) is 0 Å². The van der Waals surface area contributed by atoms with Gasteiger partial charge in [-0.1, -0.05) is 0 Å². The van der Waals surface area contributed by atoms with Crippen LogP contribution in [0, 0.1) is 17.5 Å². The minimum absolute atomic E-state index is 0.145. The van der Waals surface area contributed by atoms with Gasteiger partial charge in [0.1, 0.15) is 17.5 Å². The standard InChI is InChI=1S/C11H14F3NO4S/c1-15(5-8(16)6-19-2)20(17,18)11-9(13)3-7(12)4-10(11)14/h3-4,8,16H,5-6H2,1-2H3. The maximum atomic E-state index is 13.5. The number of sulfonamides is 1. The Morgan fingerprint density at radius 2 is 1.80 bits per heavy atom. The molecule has 1 N–H and O–H groups in total. The number of benzene rings is 1. The highest BCUT2D eigenvalue weighted by molar-refractivity contribution is 7.89. The van der Waals surface area contributed by atoms with E-state index in [4.69, 9.17) is 0 Å². The molecule has 5 nitrogen and oxygen atoms in total. The van der Waals surface area contributed by atoms with Crippen LogP contribution in [0.1, 0.15) is 0 Å². The Balaban J connectivity index is 3.11. The highest BCUT2D eigenvalue weighted by Gasteiger charge is 2.30. The molecule has 114 valence electrons. The van der Waals surface area contributed by atoms with Crippen molar-refractivity contribution in [2.45, 2.75) is 11.0 Å². The van der Waals surface area contributed by atoms with E-state index < -0.39 is 45.0 Å². The van der Waals surface area contributed by atoms with Gasteiger partial charge >= 0.3 is 0 Å². The number of likely N-dealkylation sites (N-methyl/N-ethyl adjacent to an activating group) is 1. The summed E-state index contributed by atoms with van der Waals surface area (Å²) >= 11 is 0. The summed E-state index contributed by atoms with van der Waals surface area (Å²) < 4.78 is 68.9. The van der Waals surface area contributed by atoms with Gasteiger partial charge in [0.25, 0.3) is 0 Å². The van der Waals surface area contributed by atoms with Gasteiger partial charge < -0.3 is 9.84 Å². The molecule has 0 aliphatic carbocycles. The van der Waals surface area contributed by atoms with Gasteiger partial charge in [-0.2, -0.15) is 4.31 Å². The lowest BCUT2D eigenvalue weighted by atomic mass is 10.3. The highest BCUT2D eigenvalue weighted by Crippen LogP contribution is 2.23. The third-order valence-electron chi connectivity index (χ3n) is 2.46. The second-order valence-electron chi connectivity index (χ2n) is 4.09. The lowest BCUT2D eigenvalue weighted by Crippen LogP contribution is -2.37. The number of halogens is 3. The predicted molar refractivity (Wildman–Crippen MR) is 64.0 cm³/mol. The van der Waals surface area contributed by atoms with Gasteiger partial charge in [-0.15, -0.1) is 0 Å². The van der Waals surface area contributed by atoms with Crippen molar-refractivity contribution in [2.24, 2.45) is 0 Å². The average molecular weight is 313 g/mol. The van der Waals surface area contributed by atoms with Gasteiger partial charge in [0, 0.05) is 32.8 Å². The van der Waals surface area contributed by atoms with Crippen molar-refractivity contribution >= 4 is 10.0 Å². The highest BCUT2D eigenvalue weighted by atomic mass is 32.2. The number of hydrogen-bond acceptors (Lipinski definition) is 4. The smallest absolute Gasteiger partial charge is 0.248 e. The van der Waals surface area contributed by atoms with Crippen LogP contribution in [0.3, 0.4) is 0 Å². The molecule has 1 atom stereocenters. The molecule has 0 heterocycles. The first-order chi connectivity index (χ1) is 9.20. The quantitative estimate of drug-likeness (QED) is 0.841. The lowest BCUT2D eigenvalue weighted by molar-refractivity contribution is 0.0553. The number of rotatable bonds is 6. The summed E-state index contributed by atoms with van der Waals surface area (Å²) in [5.74, 6) is -4.29. The molecule has 0 aliphatic heterocycles. The van der Waals surface area contributed by atoms with E-state index >= 15 is 0 Å². The monoisotopic (exact) mass is 313 g/mol. The Labute approximate surface area is 114 Å². The third kappa shape index (κ3) is 3.69. The molecule has 1 unspecified atom stereocenters. The van der Waals surface area contributed by atoms with Gasteiger partial charge in [-0.3, -0.25) is 0 Å². The normalized spacial score (nSPS) is 13.8. The van der Waals surface area contributed by atoms with E-state index in [9.17, 15) is 26.7 Å². The van der Waals surface area contributed by atoms with Gasteiger partial charge in [-0.25, -0.2) is 21.6 Å². The summed E-state index contributed by atoms with van der Waals surface area (Å²) in [6.07, 6.45) is -1.16. The number of hydrogen-bond donors (Lipinski definition) is 1. The summed E-state index contributed by atoms with van der Waals surface area (Å²) in [4.78, 5) is -1.26. The first kappa shape index (κ1) is 16.9. The lowest BCUT2D eigenvalue weighted by Gasteiger charge is -2.20. The van der Waals surface area contributed by atoms with E-state index in [1.807, 2.05) is 0 Å². The molecular weight excluding hydrogens is 299 g/mol. The topological polar surface area (TPSA) is 66.8 Å². The van der Waals surface area contributed by atoms with Crippen LogP contribution in [-0.2, 0) is 14.8 Å². The molecule has 1 aromatic rings. The molecule has 0 saturated carbocycles. The number of aliphatic hydroxyl groups excluding tert-OH is 1. The molecule has 0 fully saturated rings. The van der Waals surface area contributed by atoms with E-state index in [2.05, 4.69) is 4.74 Å². The first-order valence-corrected chi connectivity index (χ1v) is 6.92. The molecule has 0 spiro atoms. The van der Waals surface area contributed by atoms with Crippen molar-refractivity contribution < 1.29 is 31.4 Å². The predicted octanol–water partition coefficient (Wildman–Crippen LogP) is 0.732. The molecule has 0 aliphatic rings. The van der Waals surface area contributed by atoms with E-state index in [0.717, 1.165) is 7.05 Å². The van der Waals surface area contributed by atoms with Crippen molar-refractivity contribution in [2.75, 3.05) is 27.3 Å². The Morgan fingerprint density at radius 3 is 2.25 bits per heavy atom. The van der Waals surface area contributed by atoms with Crippen molar-refractivity contribution in [1.29, 1.82) is 0 Å². The molecule has 1 rings (SSSR count). The molecule has 0 aromatic heterocycles. The number of methoxy groups -OCH3 is 1. The second-order valence-corrected chi connectivity index (χ2v) is 6.07. The van der Waals surface area contributed by atoms with Crippen LogP contribution in [-0.4, -0.2) is 51.2 Å². The van der Waals surface area contributed by atoms with E-state index in [1.54, 1.807) is 0 Å². The van der Waals surface area contributed by atoms with Crippen LogP contribution < -0.4 is 0 Å². The fourth-order valence-electron chi connectivity index (χ4n) is 1.57. The summed E-state index contributed by atoms with van der Waals surface area (Å²) in [7, 11) is -2.19. The number of nitrogens with zero attached hydrogens (tertiary/aromatic N) is 1. The molecule has 0 radical (unpaired) electrons. The van der Waals surface area contributed by atoms with E-state index in [-0.39, 0.29) is 18.7 Å². The van der Waals surface area contributed by atoms with Gasteiger partial charge in [0.2, 0.25) is 10.0 Å². The largest absolute Gasteiger partial charge is 0.389 e. The SMILES string of the molecule is COCC(O)CN(C)S(=O)(=O)c1c(F)cc(F)cc1F. The summed E-state index contributed by atoms with van der Waals surface area (Å²) in [5.41, 5.74) is 0. The first-order valence-electron chi connectivity index (χ1n) is 5.48. The Bertz CT molecular complexity index is 556. The zero-order chi connectivity index (χ0) is 15.5. The fraction of sp³-hybridized carbons (Fsp3) is 0.455. The number of ether oxygens (including phenoxy) is 1. The molecule has 0 saturated heterocycles. The van der Waals surface area contributed by atoms with E-state index in [0.29, 0.717) is 4.31 Å². The average Bonchev–Trinajstić information content (AvgIpc) is 2.26. The molecule has 20 heavy (non-hydrogen) atoms. The van der Waals surface area contributed by atoms with Gasteiger partial charge in [0.05, 0.1) is 12.7 Å². The van der Waals surface area contributed by atoms with Crippen molar-refractivity contribution in [3.8, 4) is 0 Å². The zero-order valence-corrected chi connectivity index (χ0v) is 11.6. The van der Waals surface area contributed by atoms with Crippen molar-refractivity contribution in [1.82, 2.24) is 4.31 Å². The van der Waals surface area contributed by atoms with Crippen LogP contribution in [0.25, 0.3) is 0 Å². The van der Waals surface area contributed by atoms with E-state index in [1.165, 1.54) is 7.11 Å². The molecule has 9 heteroatoms. The summed E-state index contributed by atoms with van der Waals surface area (Å²) in [5, 5.41) is 9.43. The Morgan fingerprint density at radius 1 is 1.30 bits per heavy atom. The number of aliphatic hydroxyl groups is 1. The van der Waals surface area contributed by atoms with Crippen molar-refractivity contribution in [3.05, 3.63) is 29.6 Å². The molecule has 1 aromatic carbocycles. The fourth-order valence-corrected chi connectivity index (χ4v) is 2.86. The Hall–Kier alpha value is -1.16. The van der Waals surface area contributed by atoms with Gasteiger partial charge in [-0.05, 0) is 0 Å². The third-order valence-corrected chi connectivity index (χ3v) is 4.33. The Kier molecular flexibility index (Phi) is 5.51. The zero-order valence-electron chi connectivity index (χ0n) is 10.8. The van der Waals surface area contributed by atoms with Crippen molar-refractivity contribution in [3.63, 3.8) is 0 Å². The summed E-state index contributed by atoms with van der Waals surface area (Å²) in [6, 6.07) is 0.546. The van der Waals surface area contributed by atoms with Gasteiger partial charge in [0.15, 0.2) is 4.90 Å². The second kappa shape index (κ2) is 6.53. The maximum absolute atomic E-state index is 13.5. The minimum atomic E-state index is -4.53. The van der Waals surface area contributed by atoms with Crippen LogP contribution in [0.4, 0.5) is 13.2 Å².